The van der Waals surface area contributed by atoms with E-state index in [0.29, 0.717) is 11.1 Å². The summed E-state index contributed by atoms with van der Waals surface area (Å²) in [7, 11) is 0. The number of aliphatic hydroxyl groups excluding tert-OH is 1. The second-order valence-electron chi connectivity index (χ2n) is 4.37. The van der Waals surface area contributed by atoms with Gasteiger partial charge in [0.15, 0.2) is 0 Å². The van der Waals surface area contributed by atoms with E-state index < -0.39 is 6.10 Å². The molecule has 0 saturated carbocycles. The first kappa shape index (κ1) is 14.5. The molecule has 0 bridgehead atoms. The average molecular weight is 256 g/mol. The molecule has 1 aromatic carbocycles. The smallest absolute Gasteiger partial charge is 0.126 e. The van der Waals surface area contributed by atoms with Crippen LogP contribution in [0.2, 0.25) is 0 Å². The van der Waals surface area contributed by atoms with Gasteiger partial charge in [-0.1, -0.05) is 19.8 Å². The summed E-state index contributed by atoms with van der Waals surface area (Å²) in [4.78, 5) is 1.01. The Bertz CT molecular complexity index is 363. The number of unbranched alkanes of at least 4 members (excludes halogenated alkanes) is 2. The lowest BCUT2D eigenvalue weighted by atomic mass is 10.1. The van der Waals surface area contributed by atoms with E-state index in [1.165, 1.54) is 18.9 Å². The Kier molecular flexibility index (Phi) is 6.00. The first-order chi connectivity index (χ1) is 8.06. The van der Waals surface area contributed by atoms with E-state index in [9.17, 15) is 9.50 Å². The lowest BCUT2D eigenvalue weighted by Gasteiger charge is -2.13. The van der Waals surface area contributed by atoms with E-state index >= 15 is 0 Å². The van der Waals surface area contributed by atoms with Crippen LogP contribution < -0.4 is 0 Å². The van der Waals surface area contributed by atoms with Crippen molar-refractivity contribution in [1.82, 2.24) is 0 Å². The summed E-state index contributed by atoms with van der Waals surface area (Å²) >= 11 is 1.71. The third kappa shape index (κ3) is 4.32. The van der Waals surface area contributed by atoms with Gasteiger partial charge >= 0.3 is 0 Å². The fourth-order valence-corrected chi connectivity index (χ4v) is 2.88. The molecule has 1 nitrogen and oxygen atoms in total. The molecule has 0 fully saturated rings. The van der Waals surface area contributed by atoms with Gasteiger partial charge in [0.05, 0.1) is 6.10 Å². The van der Waals surface area contributed by atoms with Crippen molar-refractivity contribution < 1.29 is 9.50 Å². The highest BCUT2D eigenvalue weighted by Gasteiger charge is 2.11. The Labute approximate surface area is 107 Å². The summed E-state index contributed by atoms with van der Waals surface area (Å²) < 4.78 is 13.4. The fraction of sp³-hybridized carbons (Fsp3) is 0.571. The molecule has 1 aromatic rings. The van der Waals surface area contributed by atoms with Gasteiger partial charge in [-0.05, 0) is 49.3 Å². The van der Waals surface area contributed by atoms with Gasteiger partial charge in [0, 0.05) is 4.90 Å². The van der Waals surface area contributed by atoms with Crippen LogP contribution in [0.15, 0.2) is 17.0 Å². The Hall–Kier alpha value is -0.540. The van der Waals surface area contributed by atoms with Crippen molar-refractivity contribution in [2.24, 2.45) is 0 Å². The molecule has 17 heavy (non-hydrogen) atoms. The highest BCUT2D eigenvalue weighted by Crippen LogP contribution is 2.30. The minimum atomic E-state index is -0.612. The third-order valence-electron chi connectivity index (χ3n) is 2.75. The number of hydrogen-bond donors (Lipinski definition) is 1. The van der Waals surface area contributed by atoms with E-state index in [1.807, 2.05) is 6.07 Å². The number of halogens is 1. The topological polar surface area (TPSA) is 20.2 Å². The van der Waals surface area contributed by atoms with Crippen molar-refractivity contribution in [3.63, 3.8) is 0 Å². The van der Waals surface area contributed by atoms with Crippen molar-refractivity contribution in [1.29, 1.82) is 0 Å². The Morgan fingerprint density at radius 2 is 2.06 bits per heavy atom. The molecule has 0 unspecified atom stereocenters. The van der Waals surface area contributed by atoms with Crippen LogP contribution in [-0.4, -0.2) is 10.9 Å². The van der Waals surface area contributed by atoms with Gasteiger partial charge in [-0.15, -0.1) is 11.8 Å². The van der Waals surface area contributed by atoms with Crippen molar-refractivity contribution in [3.05, 3.63) is 29.1 Å². The molecule has 0 aromatic heterocycles. The van der Waals surface area contributed by atoms with E-state index in [2.05, 4.69) is 6.92 Å². The van der Waals surface area contributed by atoms with Gasteiger partial charge < -0.3 is 5.11 Å². The van der Waals surface area contributed by atoms with Crippen LogP contribution in [-0.2, 0) is 0 Å². The number of benzene rings is 1. The van der Waals surface area contributed by atoms with Crippen LogP contribution >= 0.6 is 11.8 Å². The molecule has 0 aliphatic rings. The van der Waals surface area contributed by atoms with Gasteiger partial charge in [0.2, 0.25) is 0 Å². The quantitative estimate of drug-likeness (QED) is 0.598. The van der Waals surface area contributed by atoms with Crippen molar-refractivity contribution >= 4 is 11.8 Å². The fourth-order valence-electron chi connectivity index (χ4n) is 1.66. The molecule has 1 rings (SSSR count). The number of thioether (sulfide) groups is 1. The zero-order valence-corrected chi connectivity index (χ0v) is 11.6. The van der Waals surface area contributed by atoms with Crippen LogP contribution in [0.4, 0.5) is 4.39 Å². The van der Waals surface area contributed by atoms with Crippen LogP contribution in [0.5, 0.6) is 0 Å². The van der Waals surface area contributed by atoms with Gasteiger partial charge in [-0.2, -0.15) is 0 Å². The molecule has 96 valence electrons. The minimum Gasteiger partial charge on any atom is -0.389 e. The van der Waals surface area contributed by atoms with Crippen molar-refractivity contribution in [3.8, 4) is 0 Å². The molecule has 0 aliphatic heterocycles. The Morgan fingerprint density at radius 3 is 2.65 bits per heavy atom. The monoisotopic (exact) mass is 256 g/mol. The van der Waals surface area contributed by atoms with E-state index in [1.54, 1.807) is 25.6 Å². The predicted molar refractivity (Wildman–Crippen MR) is 72.0 cm³/mol. The van der Waals surface area contributed by atoms with E-state index in [-0.39, 0.29) is 5.82 Å². The van der Waals surface area contributed by atoms with Crippen molar-refractivity contribution in [2.75, 3.05) is 5.75 Å². The number of aliphatic hydroxyl groups is 1. The Balaban J connectivity index is 2.78. The molecule has 0 heterocycles. The highest BCUT2D eigenvalue weighted by molar-refractivity contribution is 7.99. The predicted octanol–water partition coefficient (Wildman–Crippen LogP) is 4.47. The zero-order chi connectivity index (χ0) is 12.8. The second kappa shape index (κ2) is 7.02. The number of rotatable bonds is 6. The highest BCUT2D eigenvalue weighted by atomic mass is 32.2. The first-order valence-electron chi connectivity index (χ1n) is 6.17. The molecular formula is C14H21FOS. The first-order valence-corrected chi connectivity index (χ1v) is 7.15. The SMILES string of the molecule is CCCCCSc1cc(C)c(F)cc1[C@@H](C)O. The normalized spacial score (nSPS) is 12.8. The zero-order valence-electron chi connectivity index (χ0n) is 10.8. The van der Waals surface area contributed by atoms with Crippen LogP contribution in [0.25, 0.3) is 0 Å². The number of hydrogen-bond acceptors (Lipinski definition) is 2. The van der Waals surface area contributed by atoms with Gasteiger partial charge in [0.25, 0.3) is 0 Å². The summed E-state index contributed by atoms with van der Waals surface area (Å²) in [5.41, 5.74) is 1.35. The maximum absolute atomic E-state index is 13.4. The van der Waals surface area contributed by atoms with Gasteiger partial charge in [-0.3, -0.25) is 0 Å². The van der Waals surface area contributed by atoms with Crippen LogP contribution in [0, 0.1) is 12.7 Å². The third-order valence-corrected chi connectivity index (χ3v) is 3.90. The summed E-state index contributed by atoms with van der Waals surface area (Å²) in [5.74, 6) is 0.789. The summed E-state index contributed by atoms with van der Waals surface area (Å²) in [6.45, 7) is 5.62. The summed E-state index contributed by atoms with van der Waals surface area (Å²) in [5, 5.41) is 9.64. The summed E-state index contributed by atoms with van der Waals surface area (Å²) in [6, 6.07) is 3.30. The molecule has 0 saturated heterocycles. The second-order valence-corrected chi connectivity index (χ2v) is 5.51. The molecule has 1 atom stereocenters. The molecule has 1 N–H and O–H groups in total. The lowest BCUT2D eigenvalue weighted by Crippen LogP contribution is -1.98. The lowest BCUT2D eigenvalue weighted by molar-refractivity contribution is 0.196. The minimum absolute atomic E-state index is 0.237. The molecule has 0 spiro atoms. The van der Waals surface area contributed by atoms with E-state index in [0.717, 1.165) is 17.1 Å². The van der Waals surface area contributed by atoms with Gasteiger partial charge in [-0.25, -0.2) is 4.39 Å². The maximum Gasteiger partial charge on any atom is 0.126 e. The van der Waals surface area contributed by atoms with Gasteiger partial charge in [0.1, 0.15) is 5.82 Å². The molecular weight excluding hydrogens is 235 g/mol. The molecule has 0 aliphatic carbocycles. The average Bonchev–Trinajstić information content (AvgIpc) is 2.28. The maximum atomic E-state index is 13.4. The molecule has 0 amide bonds. The Morgan fingerprint density at radius 1 is 1.35 bits per heavy atom. The van der Waals surface area contributed by atoms with Crippen molar-refractivity contribution in [2.45, 2.75) is 51.0 Å². The number of aryl methyl sites for hydroxylation is 1. The largest absolute Gasteiger partial charge is 0.389 e. The van der Waals surface area contributed by atoms with Crippen LogP contribution in [0.3, 0.4) is 0 Å². The standard InChI is InChI=1S/C14H21FOS/c1-4-5-6-7-17-14-8-10(2)13(15)9-12(14)11(3)16/h8-9,11,16H,4-7H2,1-3H3/t11-/m1/s1. The van der Waals surface area contributed by atoms with Crippen LogP contribution in [0.1, 0.15) is 50.3 Å². The molecule has 3 heteroatoms. The summed E-state index contributed by atoms with van der Waals surface area (Å²) in [6.07, 6.45) is 2.97. The molecule has 0 radical (unpaired) electrons. The van der Waals surface area contributed by atoms with E-state index in [4.69, 9.17) is 0 Å².